The van der Waals surface area contributed by atoms with E-state index >= 15 is 0 Å². The first kappa shape index (κ1) is 11.9. The summed E-state index contributed by atoms with van der Waals surface area (Å²) in [6.07, 6.45) is 0. The average molecular weight is 170 g/mol. The first-order valence-electron chi connectivity index (χ1n) is 1.11. The van der Waals surface area contributed by atoms with E-state index in [4.69, 9.17) is 4.89 Å². The van der Waals surface area contributed by atoms with Gasteiger partial charge < -0.3 is 23.9 Å². The summed E-state index contributed by atoms with van der Waals surface area (Å²) in [5, 5.41) is 0. The molecule has 0 aliphatic heterocycles. The smallest absolute Gasteiger partial charge is 0.820 e. The molecule has 0 fully saturated rings. The summed E-state index contributed by atoms with van der Waals surface area (Å²) in [6.45, 7) is 0. The van der Waals surface area contributed by atoms with Gasteiger partial charge in [-0.2, -0.15) is 8.60 Å². The molecule has 8 heavy (non-hydrogen) atoms. The molecule has 0 spiro atoms. The Hall–Kier alpha value is 1.19. The van der Waals surface area contributed by atoms with E-state index in [0.717, 1.165) is 0 Å². The molecule has 1 atom stereocenters. The Morgan fingerprint density at radius 2 is 1.62 bits per heavy atom. The molecule has 0 aromatic carbocycles. The summed E-state index contributed by atoms with van der Waals surface area (Å²) in [4.78, 5) is 35.5. The molecule has 1 N–H and O–H groups in total. The quantitative estimate of drug-likeness (QED) is 0.355. The van der Waals surface area contributed by atoms with Gasteiger partial charge in [0.2, 0.25) is 0 Å². The topological polar surface area (TPSA) is 98.6 Å². The second-order valence-electron chi connectivity index (χ2n) is 0.543. The third kappa shape index (κ3) is 10.2. The Morgan fingerprint density at radius 1 is 1.25 bits per heavy atom. The molecule has 5 nitrogen and oxygen atoms in total. The Balaban J connectivity index is 0. The van der Waals surface area contributed by atoms with Crippen LogP contribution in [0.4, 0.5) is 0 Å². The molecule has 0 aromatic heterocycles. The van der Waals surface area contributed by atoms with Crippen LogP contribution in [0.1, 0.15) is 0 Å². The Labute approximate surface area is 59.1 Å². The zero-order valence-corrected chi connectivity index (χ0v) is 6.50. The fraction of sp³-hybridized carbons (Fsp3) is 0. The van der Waals surface area contributed by atoms with Gasteiger partial charge in [0, 0.05) is 0 Å². The van der Waals surface area contributed by atoms with Gasteiger partial charge in [-0.3, -0.25) is 0 Å². The van der Waals surface area contributed by atoms with Crippen molar-refractivity contribution in [1.29, 1.82) is 0 Å². The monoisotopic (exact) mass is 170 g/mol. The van der Waals surface area contributed by atoms with Crippen molar-refractivity contribution < 1.29 is 23.9 Å². The molecule has 0 aliphatic rings. The van der Waals surface area contributed by atoms with Gasteiger partial charge in [-0.05, 0) is 0 Å². The maximum Gasteiger partial charge on any atom is 3.00 e. The van der Waals surface area contributed by atoms with Crippen LogP contribution in [-0.4, -0.2) is 22.3 Å². The minimum atomic E-state index is -3.17. The number of hydrogen-bond acceptors (Lipinski definition) is 5. The standard InChI is InChI=1S/Al.HO5P2/c;1-6(2)5-7(3)4/h;1H/q+3;-3. The van der Waals surface area contributed by atoms with E-state index in [1.807, 2.05) is 0 Å². The van der Waals surface area contributed by atoms with Crippen molar-refractivity contribution in [3.05, 3.63) is 0 Å². The van der Waals surface area contributed by atoms with E-state index in [2.05, 4.69) is 4.31 Å². The summed E-state index contributed by atoms with van der Waals surface area (Å²) in [5.41, 5.74) is 0. The Morgan fingerprint density at radius 3 is 1.62 bits per heavy atom. The third-order valence-corrected chi connectivity index (χ3v) is 1.23. The van der Waals surface area contributed by atoms with Gasteiger partial charge in [0.25, 0.3) is 0 Å². The summed E-state index contributed by atoms with van der Waals surface area (Å²) >= 11 is 0. The Kier molecular flexibility index (Phi) is 9.41. The molecule has 1 unspecified atom stereocenters. The second-order valence-corrected chi connectivity index (χ2v) is 2.12. The van der Waals surface area contributed by atoms with Gasteiger partial charge in [-0.25, -0.2) is 0 Å². The van der Waals surface area contributed by atoms with Crippen molar-refractivity contribution >= 4 is 34.6 Å². The van der Waals surface area contributed by atoms with Crippen LogP contribution in [0.15, 0.2) is 0 Å². The molecule has 8 heteroatoms. The van der Waals surface area contributed by atoms with Gasteiger partial charge in [0.1, 0.15) is 0 Å². The SMILES string of the molecule is [Al+3].[O-]P([O-])OP([O-])O. The van der Waals surface area contributed by atoms with Crippen molar-refractivity contribution in [2.45, 2.75) is 0 Å². The van der Waals surface area contributed by atoms with Crippen molar-refractivity contribution in [2.75, 3.05) is 0 Å². The van der Waals surface area contributed by atoms with Gasteiger partial charge >= 0.3 is 17.4 Å². The van der Waals surface area contributed by atoms with Crippen LogP contribution < -0.4 is 14.7 Å². The summed E-state index contributed by atoms with van der Waals surface area (Å²) in [5.74, 6) is 0. The number of rotatable bonds is 2. The molecule has 0 amide bonds. The van der Waals surface area contributed by atoms with Crippen LogP contribution in [0.3, 0.4) is 0 Å². The van der Waals surface area contributed by atoms with Crippen LogP contribution >= 0.6 is 17.2 Å². The van der Waals surface area contributed by atoms with E-state index in [1.165, 1.54) is 0 Å². The largest absolute Gasteiger partial charge is 3.00 e. The zero-order chi connectivity index (χ0) is 5.86. The Bertz CT molecular complexity index is 39.7. The van der Waals surface area contributed by atoms with Crippen LogP contribution in [0, 0.1) is 0 Å². The van der Waals surface area contributed by atoms with Crippen LogP contribution in [0.5, 0.6) is 0 Å². The molecular formula is HAlO5P2. The predicted molar refractivity (Wildman–Crippen MR) is 22.9 cm³/mol. The summed E-state index contributed by atoms with van der Waals surface area (Å²) < 4.78 is 3.27. The van der Waals surface area contributed by atoms with E-state index in [-0.39, 0.29) is 17.4 Å². The van der Waals surface area contributed by atoms with E-state index in [1.54, 1.807) is 0 Å². The first-order valence-corrected chi connectivity index (χ1v) is 3.34. The summed E-state index contributed by atoms with van der Waals surface area (Å²) in [7, 11) is -6.16. The molecule has 0 aliphatic carbocycles. The maximum atomic E-state index is 9.35. The molecule has 0 radical (unpaired) electrons. The van der Waals surface area contributed by atoms with Crippen molar-refractivity contribution in [3.63, 3.8) is 0 Å². The third-order valence-electron chi connectivity index (χ3n) is 0.137. The van der Waals surface area contributed by atoms with E-state index in [0.29, 0.717) is 0 Å². The van der Waals surface area contributed by atoms with E-state index in [9.17, 15) is 14.7 Å². The van der Waals surface area contributed by atoms with Crippen LogP contribution in [0.25, 0.3) is 0 Å². The maximum absolute atomic E-state index is 9.35. The van der Waals surface area contributed by atoms with Crippen molar-refractivity contribution in [2.24, 2.45) is 0 Å². The second kappa shape index (κ2) is 6.31. The van der Waals surface area contributed by atoms with Gasteiger partial charge in [-0.15, -0.1) is 0 Å². The fourth-order valence-electron chi connectivity index (χ4n) is 0.0570. The minimum Gasteiger partial charge on any atom is -0.820 e. The minimum absolute atomic E-state index is 0. The average Bonchev–Trinajstić information content (AvgIpc) is 1.27. The van der Waals surface area contributed by atoms with Crippen LogP contribution in [0.2, 0.25) is 0 Å². The molecule has 0 aromatic rings. The van der Waals surface area contributed by atoms with Gasteiger partial charge in [0.15, 0.2) is 0 Å². The molecule has 0 rings (SSSR count). The molecule has 0 saturated heterocycles. The molecule has 0 heterocycles. The predicted octanol–water partition coefficient (Wildman–Crippen LogP) is -2.85. The normalized spacial score (nSPS) is 13.1. The van der Waals surface area contributed by atoms with E-state index < -0.39 is 17.2 Å². The fourth-order valence-corrected chi connectivity index (χ4v) is 0.513. The van der Waals surface area contributed by atoms with Crippen LogP contribution in [-0.2, 0) is 4.31 Å². The number of hydrogen-bond donors (Lipinski definition) is 1. The summed E-state index contributed by atoms with van der Waals surface area (Å²) in [6, 6.07) is 0. The molecular weight excluding hydrogens is 169 g/mol. The van der Waals surface area contributed by atoms with Gasteiger partial charge in [0.05, 0.1) is 8.60 Å². The first-order chi connectivity index (χ1) is 3.13. The zero-order valence-electron chi connectivity index (χ0n) is 3.55. The van der Waals surface area contributed by atoms with Crippen molar-refractivity contribution in [3.8, 4) is 0 Å². The molecule has 44 valence electrons. The van der Waals surface area contributed by atoms with Crippen molar-refractivity contribution in [1.82, 2.24) is 0 Å². The molecule has 0 bridgehead atoms. The van der Waals surface area contributed by atoms with Gasteiger partial charge in [-0.1, -0.05) is 0 Å². The molecule has 0 saturated carbocycles.